The van der Waals surface area contributed by atoms with Gasteiger partial charge in [-0.25, -0.2) is 14.8 Å². The van der Waals surface area contributed by atoms with Gasteiger partial charge in [0.15, 0.2) is 0 Å². The second kappa shape index (κ2) is 13.4. The summed E-state index contributed by atoms with van der Waals surface area (Å²) in [5, 5.41) is 11.4. The number of carbonyl (C=O) groups is 2. The second-order valence-electron chi connectivity index (χ2n) is 13.2. The normalized spacial score (nSPS) is 19.4. The Morgan fingerprint density at radius 1 is 1.11 bits per heavy atom. The number of nitrogens with zero attached hydrogens (tertiary/aromatic N) is 6. The van der Waals surface area contributed by atoms with Gasteiger partial charge in [-0.1, -0.05) is 43.4 Å². The van der Waals surface area contributed by atoms with Crippen LogP contribution in [-0.2, 0) is 21.0 Å². The third-order valence-electron chi connectivity index (χ3n) is 8.41. The van der Waals surface area contributed by atoms with Crippen molar-refractivity contribution in [2.24, 2.45) is 0 Å². The SMILES string of the molecule is CC(C)N(C[C@@H](C(=O)N1CC2COCC(C1)N2c1ncnc2c1ccn2COCC[Si](C)(C)C)c1ccc(Cl)cc1)C(=O)O. The lowest BCUT2D eigenvalue weighted by Gasteiger charge is -2.51. The van der Waals surface area contributed by atoms with Gasteiger partial charge in [0.1, 0.15) is 24.5 Å². The average Bonchev–Trinajstić information content (AvgIpc) is 3.38. The Hall–Kier alpha value is -3.19. The summed E-state index contributed by atoms with van der Waals surface area (Å²) < 4.78 is 14.0. The predicted octanol–water partition coefficient (Wildman–Crippen LogP) is 4.99. The van der Waals surface area contributed by atoms with E-state index in [0.717, 1.165) is 35.1 Å². The van der Waals surface area contributed by atoms with Crippen molar-refractivity contribution in [2.75, 3.05) is 44.4 Å². The molecule has 2 aromatic heterocycles. The fraction of sp³-hybridized carbons (Fsp3) is 0.548. The molecule has 0 aliphatic carbocycles. The van der Waals surface area contributed by atoms with Gasteiger partial charge in [-0.2, -0.15) is 0 Å². The molecule has 3 aromatic rings. The molecule has 2 aliphatic rings. The fourth-order valence-electron chi connectivity index (χ4n) is 5.98. The van der Waals surface area contributed by atoms with Gasteiger partial charge < -0.3 is 33.8 Å². The lowest BCUT2D eigenvalue weighted by molar-refractivity contribution is -0.136. The first-order valence-electron chi connectivity index (χ1n) is 15.2. The molecule has 4 heterocycles. The molecule has 0 saturated carbocycles. The zero-order valence-corrected chi connectivity index (χ0v) is 27.9. The highest BCUT2D eigenvalue weighted by Crippen LogP contribution is 2.33. The van der Waals surface area contributed by atoms with Gasteiger partial charge in [-0.15, -0.1) is 0 Å². The molecule has 0 spiro atoms. The minimum absolute atomic E-state index is 0.0551. The van der Waals surface area contributed by atoms with Crippen LogP contribution >= 0.6 is 11.6 Å². The number of carbonyl (C=O) groups excluding carboxylic acids is 1. The first kappa shape index (κ1) is 32.2. The van der Waals surface area contributed by atoms with Crippen LogP contribution in [0.15, 0.2) is 42.9 Å². The Morgan fingerprint density at radius 3 is 2.41 bits per heavy atom. The zero-order valence-electron chi connectivity index (χ0n) is 26.1. The van der Waals surface area contributed by atoms with Crippen molar-refractivity contribution in [1.29, 1.82) is 0 Å². The minimum Gasteiger partial charge on any atom is -0.465 e. The Balaban J connectivity index is 1.37. The number of piperazine rings is 1. The summed E-state index contributed by atoms with van der Waals surface area (Å²) in [6.45, 7) is 13.6. The van der Waals surface area contributed by atoms with Gasteiger partial charge >= 0.3 is 6.09 Å². The Labute approximate surface area is 264 Å². The second-order valence-corrected chi connectivity index (χ2v) is 19.3. The summed E-state index contributed by atoms with van der Waals surface area (Å²) in [5.74, 6) is 0.0530. The van der Waals surface area contributed by atoms with Crippen molar-refractivity contribution in [3.63, 3.8) is 0 Å². The van der Waals surface area contributed by atoms with E-state index in [0.29, 0.717) is 38.1 Å². The number of amides is 2. The van der Waals surface area contributed by atoms with Gasteiger partial charge in [0.2, 0.25) is 5.91 Å². The molecule has 5 rings (SSSR count). The molecular weight excluding hydrogens is 600 g/mol. The quantitative estimate of drug-likeness (QED) is 0.230. The van der Waals surface area contributed by atoms with Gasteiger partial charge in [-0.3, -0.25) is 4.79 Å². The summed E-state index contributed by atoms with van der Waals surface area (Å²) in [6.07, 6.45) is 2.53. The number of fused-ring (bicyclic) bond motifs is 3. The molecule has 2 unspecified atom stereocenters. The smallest absolute Gasteiger partial charge is 0.407 e. The molecule has 0 radical (unpaired) electrons. The number of hydrogen-bond acceptors (Lipinski definition) is 7. The molecule has 2 bridgehead atoms. The van der Waals surface area contributed by atoms with E-state index in [9.17, 15) is 14.7 Å². The molecular formula is C31H43ClN6O5Si. The fourth-order valence-corrected chi connectivity index (χ4v) is 6.86. The van der Waals surface area contributed by atoms with Gasteiger partial charge in [-0.05, 0) is 43.7 Å². The third kappa shape index (κ3) is 7.19. The van der Waals surface area contributed by atoms with Gasteiger partial charge in [0, 0.05) is 51.6 Å². The topological polar surface area (TPSA) is 113 Å². The summed E-state index contributed by atoms with van der Waals surface area (Å²) in [7, 11) is -1.18. The molecule has 1 N–H and O–H groups in total. The number of aromatic nitrogens is 3. The van der Waals surface area contributed by atoms with Crippen LogP contribution in [0.25, 0.3) is 11.0 Å². The first-order chi connectivity index (χ1) is 20.9. The monoisotopic (exact) mass is 642 g/mol. The van der Waals surface area contributed by atoms with E-state index in [1.54, 1.807) is 18.5 Å². The van der Waals surface area contributed by atoms with Crippen LogP contribution in [0.4, 0.5) is 10.6 Å². The molecule has 2 amide bonds. The van der Waals surface area contributed by atoms with Crippen molar-refractivity contribution in [3.05, 3.63) is 53.4 Å². The lowest BCUT2D eigenvalue weighted by Crippen LogP contribution is -2.66. The van der Waals surface area contributed by atoms with Gasteiger partial charge in [0.05, 0.1) is 36.6 Å². The Bertz CT molecular complexity index is 1450. The van der Waals surface area contributed by atoms with Crippen LogP contribution < -0.4 is 4.90 Å². The van der Waals surface area contributed by atoms with Crippen molar-refractivity contribution >= 4 is 48.5 Å². The van der Waals surface area contributed by atoms with Crippen molar-refractivity contribution in [1.82, 2.24) is 24.3 Å². The summed E-state index contributed by atoms with van der Waals surface area (Å²) in [4.78, 5) is 41.0. The van der Waals surface area contributed by atoms with E-state index in [-0.39, 0.29) is 30.6 Å². The molecule has 2 fully saturated rings. The number of rotatable bonds is 11. The average molecular weight is 643 g/mol. The zero-order chi connectivity index (χ0) is 31.6. The van der Waals surface area contributed by atoms with Crippen molar-refractivity contribution < 1.29 is 24.2 Å². The number of morpholine rings is 1. The highest BCUT2D eigenvalue weighted by atomic mass is 35.5. The van der Waals surface area contributed by atoms with Crippen LogP contribution in [0.1, 0.15) is 25.3 Å². The van der Waals surface area contributed by atoms with E-state index in [4.69, 9.17) is 26.1 Å². The summed E-state index contributed by atoms with van der Waals surface area (Å²) in [5.41, 5.74) is 1.55. The Kier molecular flexibility index (Phi) is 9.83. The third-order valence-corrected chi connectivity index (χ3v) is 10.4. The van der Waals surface area contributed by atoms with E-state index in [2.05, 4.69) is 29.5 Å². The van der Waals surface area contributed by atoms with Crippen LogP contribution in [0.2, 0.25) is 30.7 Å². The first-order valence-corrected chi connectivity index (χ1v) is 19.3. The number of halogens is 1. The minimum atomic E-state index is -1.18. The van der Waals surface area contributed by atoms with Crippen molar-refractivity contribution in [2.45, 2.75) is 70.3 Å². The molecule has 2 aliphatic heterocycles. The van der Waals surface area contributed by atoms with Crippen LogP contribution in [0, 0.1) is 0 Å². The molecule has 11 nitrogen and oxygen atoms in total. The number of ether oxygens (including phenoxy) is 2. The lowest BCUT2D eigenvalue weighted by atomic mass is 9.94. The number of hydrogen-bond donors (Lipinski definition) is 1. The number of benzene rings is 1. The maximum atomic E-state index is 14.2. The van der Waals surface area contributed by atoms with Gasteiger partial charge in [0.25, 0.3) is 0 Å². The van der Waals surface area contributed by atoms with E-state index in [1.807, 2.05) is 47.7 Å². The Morgan fingerprint density at radius 2 is 1.80 bits per heavy atom. The molecule has 13 heteroatoms. The molecule has 3 atom stereocenters. The molecule has 2 saturated heterocycles. The van der Waals surface area contributed by atoms with E-state index >= 15 is 0 Å². The van der Waals surface area contributed by atoms with Crippen LogP contribution in [0.5, 0.6) is 0 Å². The standard InChI is InChI=1S/C31H43ClN6O5Si/c1-21(2)37(31(40)41)16-27(22-6-8-23(32)9-7-22)30(39)36-14-24-17-43-18-25(15-36)38(24)29-26-10-11-35(28(26)33-19-34-29)20-42-12-13-44(3,4)5/h6-11,19,21,24-25,27H,12-18,20H2,1-5H3,(H,40,41)/t24?,25?,27-/m1/s1. The molecule has 44 heavy (non-hydrogen) atoms. The molecule has 238 valence electrons. The largest absolute Gasteiger partial charge is 0.465 e. The highest BCUT2D eigenvalue weighted by molar-refractivity contribution is 6.76. The number of carboxylic acid groups (broad SMARTS) is 1. The maximum Gasteiger partial charge on any atom is 0.407 e. The van der Waals surface area contributed by atoms with E-state index < -0.39 is 20.1 Å². The van der Waals surface area contributed by atoms with Crippen LogP contribution in [-0.4, -0.2) is 107 Å². The van der Waals surface area contributed by atoms with E-state index in [1.165, 1.54) is 4.90 Å². The van der Waals surface area contributed by atoms with Crippen LogP contribution in [0.3, 0.4) is 0 Å². The summed E-state index contributed by atoms with van der Waals surface area (Å²) >= 11 is 6.14. The maximum absolute atomic E-state index is 14.2. The molecule has 1 aromatic carbocycles. The highest BCUT2D eigenvalue weighted by Gasteiger charge is 2.43. The predicted molar refractivity (Wildman–Crippen MR) is 173 cm³/mol. The number of anilines is 1. The van der Waals surface area contributed by atoms with Crippen molar-refractivity contribution in [3.8, 4) is 0 Å². The summed E-state index contributed by atoms with van der Waals surface area (Å²) in [6, 6.07) is 9.71.